The van der Waals surface area contributed by atoms with E-state index in [4.69, 9.17) is 0 Å². The third-order valence-corrected chi connectivity index (χ3v) is 8.99. The molecule has 0 radical (unpaired) electrons. The first-order valence-corrected chi connectivity index (χ1v) is 12.4. The van der Waals surface area contributed by atoms with Crippen LogP contribution < -0.4 is 4.90 Å². The molecule has 2 aromatic heterocycles. The Morgan fingerprint density at radius 2 is 1.88 bits per heavy atom. The number of aromatic nitrogens is 5. The fourth-order valence-electron chi connectivity index (χ4n) is 5.72. The Kier molecular flexibility index (Phi) is 4.63. The zero-order valence-electron chi connectivity index (χ0n) is 18.0. The lowest BCUT2D eigenvalue weighted by atomic mass is 9.41. The van der Waals surface area contributed by atoms with Crippen LogP contribution in [0.4, 0.5) is 18.9 Å². The van der Waals surface area contributed by atoms with Crippen LogP contribution in [-0.4, -0.2) is 55.8 Å². The van der Waals surface area contributed by atoms with Crippen molar-refractivity contribution >= 4 is 15.7 Å². The summed E-state index contributed by atoms with van der Waals surface area (Å²) in [7, 11) is -5.53. The van der Waals surface area contributed by atoms with Gasteiger partial charge in [-0.2, -0.15) is 32.5 Å². The minimum absolute atomic E-state index is 0.187. The van der Waals surface area contributed by atoms with Crippen molar-refractivity contribution in [1.29, 1.82) is 0 Å². The zero-order valence-corrected chi connectivity index (χ0v) is 18.8. The highest BCUT2D eigenvalue weighted by molar-refractivity contribution is 7.89. The van der Waals surface area contributed by atoms with Crippen molar-refractivity contribution < 1.29 is 21.6 Å². The average molecular weight is 494 g/mol. The summed E-state index contributed by atoms with van der Waals surface area (Å²) < 4.78 is 66.9. The maximum atomic E-state index is 13.7. The predicted molar refractivity (Wildman–Crippen MR) is 115 cm³/mol. The molecule has 1 atom stereocenters. The highest BCUT2D eigenvalue weighted by Crippen LogP contribution is 2.67. The topological polar surface area (TPSA) is 100 Å². The number of H-pyrrole nitrogens is 1. The summed E-state index contributed by atoms with van der Waals surface area (Å²) in [5, 5.41) is 8.19. The number of rotatable bonds is 5. The van der Waals surface area contributed by atoms with Crippen molar-refractivity contribution in [1.82, 2.24) is 29.3 Å². The van der Waals surface area contributed by atoms with Crippen LogP contribution in [-0.2, 0) is 23.1 Å². The van der Waals surface area contributed by atoms with Crippen LogP contribution in [0.3, 0.4) is 0 Å². The molecule has 1 N–H and O–H groups in total. The summed E-state index contributed by atoms with van der Waals surface area (Å²) >= 11 is 0. The van der Waals surface area contributed by atoms with Crippen LogP contribution in [0.25, 0.3) is 5.69 Å². The van der Waals surface area contributed by atoms with Crippen LogP contribution >= 0.6 is 0 Å². The zero-order chi connectivity index (χ0) is 23.7. The Hall–Kier alpha value is -2.93. The fraction of sp³-hybridized carbons (Fsp3) is 0.476. The van der Waals surface area contributed by atoms with E-state index >= 15 is 0 Å². The number of hydrogen-bond acceptors (Lipinski definition) is 6. The molecule has 1 aliphatic heterocycles. The number of nitrogens with one attached hydrogen (secondary N) is 1. The number of sulfonamides is 1. The number of nitrogens with zero attached hydrogens (tertiary/aromatic N) is 6. The number of fused-ring (bicyclic) bond motifs is 1. The number of aromatic amines is 1. The quantitative estimate of drug-likeness (QED) is 0.587. The number of benzene rings is 1. The Bertz CT molecular complexity index is 1290. The highest BCUT2D eigenvalue weighted by Gasteiger charge is 2.63. The van der Waals surface area contributed by atoms with E-state index in [-0.39, 0.29) is 18.5 Å². The second kappa shape index (κ2) is 7.28. The van der Waals surface area contributed by atoms with Crippen molar-refractivity contribution in [3.8, 4) is 5.69 Å². The van der Waals surface area contributed by atoms with Crippen molar-refractivity contribution in [2.24, 2.45) is 11.3 Å². The molecule has 0 saturated heterocycles. The number of alkyl halides is 3. The molecule has 0 spiro atoms. The van der Waals surface area contributed by atoms with Gasteiger partial charge >= 0.3 is 15.5 Å². The molecule has 13 heteroatoms. The Labute approximate surface area is 193 Å². The van der Waals surface area contributed by atoms with E-state index in [0.717, 1.165) is 25.0 Å². The summed E-state index contributed by atoms with van der Waals surface area (Å²) in [5.74, 6) is 0.581. The number of imidazole rings is 1. The lowest BCUT2D eigenvalue weighted by Crippen LogP contribution is -2.66. The van der Waals surface area contributed by atoms with Gasteiger partial charge in [0.2, 0.25) is 0 Å². The first kappa shape index (κ1) is 21.6. The molecule has 3 heterocycles. The largest absolute Gasteiger partial charge is 0.511 e. The summed E-state index contributed by atoms with van der Waals surface area (Å²) in [6, 6.07) is 4.89. The van der Waals surface area contributed by atoms with Gasteiger partial charge in [0.25, 0.3) is 0 Å². The summed E-state index contributed by atoms with van der Waals surface area (Å²) in [6.07, 6.45) is 8.93. The standard InChI is InChI=1S/C21H22F3N7O2S/c22-21(23,24)34(32,33)29-10-15-5-17(31-27-3-4-28-31)1-2-18(15)30(11-16-9-25-13-26-16)19(12-29)20-6-14(7-20)8-20/h1-5,9,13-14,19H,6-8,10-12H2,(H,25,26)/t14?,19-,20?/m0/s1. The SMILES string of the molecule is O=S(=O)(N1Cc2cc(-n3nccn3)ccc2N(Cc2cnc[nH]2)[C@H](C23CC(C2)C3)C1)C(F)(F)F. The molecule has 0 amide bonds. The summed E-state index contributed by atoms with van der Waals surface area (Å²) in [5.41, 5.74) is -3.05. The van der Waals surface area contributed by atoms with E-state index in [0.29, 0.717) is 33.7 Å². The van der Waals surface area contributed by atoms with E-state index in [9.17, 15) is 21.6 Å². The molecule has 34 heavy (non-hydrogen) atoms. The van der Waals surface area contributed by atoms with E-state index in [2.05, 4.69) is 25.1 Å². The first-order chi connectivity index (χ1) is 16.2. The Morgan fingerprint density at radius 1 is 1.15 bits per heavy atom. The van der Waals surface area contributed by atoms with Crippen molar-refractivity contribution in [2.45, 2.75) is 43.9 Å². The van der Waals surface area contributed by atoms with Gasteiger partial charge in [-0.05, 0) is 54.4 Å². The number of anilines is 1. The van der Waals surface area contributed by atoms with E-state index < -0.39 is 21.6 Å². The molecule has 180 valence electrons. The van der Waals surface area contributed by atoms with Gasteiger partial charge in [-0.3, -0.25) is 0 Å². The predicted octanol–water partition coefficient (Wildman–Crippen LogP) is 2.83. The van der Waals surface area contributed by atoms with Gasteiger partial charge in [-0.1, -0.05) is 0 Å². The number of halogens is 3. The molecule has 4 aliphatic rings. The molecule has 0 unspecified atom stereocenters. The maximum Gasteiger partial charge on any atom is 0.511 e. The van der Waals surface area contributed by atoms with Crippen LogP contribution in [0.15, 0.2) is 43.1 Å². The second-order valence-corrected chi connectivity index (χ2v) is 11.4. The molecule has 3 saturated carbocycles. The first-order valence-electron chi connectivity index (χ1n) is 11.0. The van der Waals surface area contributed by atoms with Gasteiger partial charge in [-0.25, -0.2) is 13.4 Å². The fourth-order valence-corrected chi connectivity index (χ4v) is 6.66. The third-order valence-electron chi connectivity index (χ3n) is 7.44. The maximum absolute atomic E-state index is 13.7. The molecule has 3 fully saturated rings. The monoisotopic (exact) mass is 493 g/mol. The third kappa shape index (κ3) is 3.24. The van der Waals surface area contributed by atoms with E-state index in [1.165, 1.54) is 17.2 Å². The molecule has 3 aliphatic carbocycles. The minimum Gasteiger partial charge on any atom is -0.361 e. The molecule has 1 aromatic carbocycles. The van der Waals surface area contributed by atoms with E-state index in [1.54, 1.807) is 24.7 Å². The lowest BCUT2D eigenvalue weighted by molar-refractivity contribution is -0.129. The summed E-state index contributed by atoms with van der Waals surface area (Å²) in [4.78, 5) is 10.6. The van der Waals surface area contributed by atoms with Gasteiger partial charge in [0.05, 0.1) is 36.6 Å². The molecule has 2 bridgehead atoms. The van der Waals surface area contributed by atoms with Gasteiger partial charge in [0.1, 0.15) is 0 Å². The molecule has 7 rings (SSSR count). The number of hydrogen-bond donors (Lipinski definition) is 1. The lowest BCUT2D eigenvalue weighted by Gasteiger charge is -2.67. The minimum atomic E-state index is -5.53. The molecule has 3 aromatic rings. The Morgan fingerprint density at radius 3 is 2.47 bits per heavy atom. The average Bonchev–Trinajstić information content (AvgIpc) is 3.39. The molecular formula is C21H22F3N7O2S. The van der Waals surface area contributed by atoms with Crippen molar-refractivity contribution in [2.75, 3.05) is 11.4 Å². The Balaban J connectivity index is 1.49. The van der Waals surface area contributed by atoms with Crippen molar-refractivity contribution in [3.05, 3.63) is 54.4 Å². The summed E-state index contributed by atoms with van der Waals surface area (Å²) in [6.45, 7) is -0.238. The smallest absolute Gasteiger partial charge is 0.361 e. The molecular weight excluding hydrogens is 471 g/mol. The second-order valence-electron chi connectivity index (χ2n) is 9.44. The van der Waals surface area contributed by atoms with Crippen LogP contribution in [0.1, 0.15) is 30.5 Å². The van der Waals surface area contributed by atoms with Gasteiger partial charge in [0.15, 0.2) is 0 Å². The van der Waals surface area contributed by atoms with Crippen LogP contribution in [0.2, 0.25) is 0 Å². The van der Waals surface area contributed by atoms with Gasteiger partial charge in [0, 0.05) is 31.0 Å². The van der Waals surface area contributed by atoms with Crippen LogP contribution in [0.5, 0.6) is 0 Å². The van der Waals surface area contributed by atoms with Gasteiger partial charge < -0.3 is 9.88 Å². The van der Waals surface area contributed by atoms with E-state index in [1.807, 2.05) is 6.07 Å². The van der Waals surface area contributed by atoms with Gasteiger partial charge in [-0.15, -0.1) is 0 Å². The van der Waals surface area contributed by atoms with Crippen LogP contribution in [0, 0.1) is 11.3 Å². The molecule has 9 nitrogen and oxygen atoms in total. The normalized spacial score (nSPS) is 27.0. The van der Waals surface area contributed by atoms with Crippen molar-refractivity contribution in [3.63, 3.8) is 0 Å². The highest BCUT2D eigenvalue weighted by atomic mass is 32.2.